The van der Waals surface area contributed by atoms with Crippen molar-refractivity contribution >= 4 is 28.9 Å². The molecule has 0 saturated carbocycles. The number of hydrogen-bond acceptors (Lipinski definition) is 2. The van der Waals surface area contributed by atoms with Crippen LogP contribution >= 0.6 is 11.6 Å². The molecule has 1 unspecified atom stereocenters. The van der Waals surface area contributed by atoms with Crippen LogP contribution in [0.3, 0.4) is 0 Å². The van der Waals surface area contributed by atoms with Crippen molar-refractivity contribution in [1.82, 2.24) is 0 Å². The Balaban J connectivity index is 2.36. The zero-order valence-corrected chi connectivity index (χ0v) is 9.27. The number of benzene rings is 1. The maximum Gasteiger partial charge on any atom is 0.226 e. The van der Waals surface area contributed by atoms with E-state index < -0.39 is 0 Å². The molecule has 2 N–H and O–H groups in total. The van der Waals surface area contributed by atoms with Crippen LogP contribution in [0.4, 0.5) is 11.4 Å². The zero-order valence-electron chi connectivity index (χ0n) is 8.51. The van der Waals surface area contributed by atoms with E-state index in [4.69, 9.17) is 11.6 Å². The van der Waals surface area contributed by atoms with Crippen molar-refractivity contribution in [3.05, 3.63) is 23.2 Å². The Morgan fingerprint density at radius 3 is 3.00 bits per heavy atom. The first-order chi connectivity index (χ1) is 7.19. The van der Waals surface area contributed by atoms with E-state index in [1.54, 1.807) is 6.07 Å². The Labute approximate surface area is 93.8 Å². The van der Waals surface area contributed by atoms with Crippen molar-refractivity contribution in [2.45, 2.75) is 25.8 Å². The van der Waals surface area contributed by atoms with E-state index in [-0.39, 0.29) is 11.9 Å². The van der Waals surface area contributed by atoms with Gasteiger partial charge in [-0.25, -0.2) is 0 Å². The molecule has 0 aliphatic carbocycles. The summed E-state index contributed by atoms with van der Waals surface area (Å²) in [4.78, 5) is 11.5. The highest BCUT2D eigenvalue weighted by Gasteiger charge is 2.19. The lowest BCUT2D eigenvalue weighted by atomic mass is 10.1. The molecule has 1 heterocycles. The van der Waals surface area contributed by atoms with E-state index in [0.717, 1.165) is 17.8 Å². The predicted molar refractivity (Wildman–Crippen MR) is 62.4 cm³/mol. The van der Waals surface area contributed by atoms with Gasteiger partial charge < -0.3 is 10.6 Å². The van der Waals surface area contributed by atoms with Gasteiger partial charge in [-0.2, -0.15) is 0 Å². The summed E-state index contributed by atoms with van der Waals surface area (Å²) in [5.41, 5.74) is 1.71. The lowest BCUT2D eigenvalue weighted by Gasteiger charge is -2.14. The van der Waals surface area contributed by atoms with Crippen molar-refractivity contribution in [1.29, 1.82) is 0 Å². The van der Waals surface area contributed by atoms with Crippen molar-refractivity contribution < 1.29 is 4.79 Å². The maximum absolute atomic E-state index is 11.5. The Hall–Kier alpha value is -1.22. The monoisotopic (exact) mass is 224 g/mol. The number of carbonyl (C=O) groups excluding carboxylic acids is 1. The van der Waals surface area contributed by atoms with Crippen LogP contribution in [-0.2, 0) is 4.79 Å². The van der Waals surface area contributed by atoms with E-state index in [9.17, 15) is 4.79 Å². The van der Waals surface area contributed by atoms with Gasteiger partial charge in [-0.3, -0.25) is 4.79 Å². The summed E-state index contributed by atoms with van der Waals surface area (Å²) in [6.45, 7) is 2.06. The van der Waals surface area contributed by atoms with Crippen molar-refractivity contribution in [3.63, 3.8) is 0 Å². The predicted octanol–water partition coefficient (Wildman–Crippen LogP) is 2.87. The molecule has 0 spiro atoms. The average molecular weight is 225 g/mol. The molecule has 1 aliphatic rings. The Morgan fingerprint density at radius 2 is 2.27 bits per heavy atom. The van der Waals surface area contributed by atoms with E-state index >= 15 is 0 Å². The molecule has 0 bridgehead atoms. The first-order valence-corrected chi connectivity index (χ1v) is 5.42. The highest BCUT2D eigenvalue weighted by Crippen LogP contribution is 2.29. The minimum atomic E-state index is 0.0513. The first kappa shape index (κ1) is 10.3. The molecule has 1 aromatic carbocycles. The highest BCUT2D eigenvalue weighted by atomic mass is 35.5. The lowest BCUT2D eigenvalue weighted by molar-refractivity contribution is -0.116. The summed E-state index contributed by atoms with van der Waals surface area (Å²) in [6, 6.07) is 5.62. The summed E-state index contributed by atoms with van der Waals surface area (Å²) < 4.78 is 0. The average Bonchev–Trinajstić information content (AvgIpc) is 2.35. The van der Waals surface area contributed by atoms with Gasteiger partial charge in [0.15, 0.2) is 0 Å². The molecule has 80 valence electrons. The van der Waals surface area contributed by atoms with Gasteiger partial charge in [-0.15, -0.1) is 0 Å². The van der Waals surface area contributed by atoms with Crippen LogP contribution in [-0.4, -0.2) is 11.9 Å². The van der Waals surface area contributed by atoms with Crippen molar-refractivity contribution in [2.24, 2.45) is 0 Å². The molecule has 0 saturated heterocycles. The second-order valence-corrected chi connectivity index (χ2v) is 4.13. The van der Waals surface area contributed by atoms with E-state index in [1.165, 1.54) is 0 Å². The first-order valence-electron chi connectivity index (χ1n) is 5.05. The Kier molecular flexibility index (Phi) is 2.82. The molecule has 4 heteroatoms. The second kappa shape index (κ2) is 4.11. The molecule has 1 amide bonds. The van der Waals surface area contributed by atoms with Gasteiger partial charge in [0.2, 0.25) is 5.91 Å². The Bertz CT molecular complexity index is 392. The number of carbonyl (C=O) groups is 1. The molecule has 1 aliphatic heterocycles. The van der Waals surface area contributed by atoms with Crippen LogP contribution in [0.25, 0.3) is 0 Å². The lowest BCUT2D eigenvalue weighted by Crippen LogP contribution is -2.21. The molecule has 1 atom stereocenters. The SMILES string of the molecule is CCC1CC(=O)Nc2ccc(Cl)cc2N1. The summed E-state index contributed by atoms with van der Waals surface area (Å²) >= 11 is 5.90. The fraction of sp³-hybridized carbons (Fsp3) is 0.364. The summed E-state index contributed by atoms with van der Waals surface area (Å²) in [7, 11) is 0. The van der Waals surface area contributed by atoms with Gasteiger partial charge in [0.05, 0.1) is 11.4 Å². The molecule has 3 nitrogen and oxygen atoms in total. The quantitative estimate of drug-likeness (QED) is 0.770. The molecule has 1 aromatic rings. The molecule has 0 radical (unpaired) electrons. The van der Waals surface area contributed by atoms with Gasteiger partial charge in [0.25, 0.3) is 0 Å². The van der Waals surface area contributed by atoms with Crippen LogP contribution in [0, 0.1) is 0 Å². The molecular formula is C11H13ClN2O. The van der Waals surface area contributed by atoms with Gasteiger partial charge in [0.1, 0.15) is 0 Å². The van der Waals surface area contributed by atoms with Crippen LogP contribution in [0.2, 0.25) is 5.02 Å². The number of halogens is 1. The number of nitrogens with one attached hydrogen (secondary N) is 2. The van der Waals surface area contributed by atoms with Gasteiger partial charge in [-0.1, -0.05) is 18.5 Å². The second-order valence-electron chi connectivity index (χ2n) is 3.69. The molecule has 0 aromatic heterocycles. The van der Waals surface area contributed by atoms with E-state index in [1.807, 2.05) is 12.1 Å². The maximum atomic E-state index is 11.5. The topological polar surface area (TPSA) is 41.1 Å². The normalized spacial score (nSPS) is 19.9. The Morgan fingerprint density at radius 1 is 1.47 bits per heavy atom. The number of amides is 1. The van der Waals surface area contributed by atoms with E-state index in [2.05, 4.69) is 17.6 Å². The minimum absolute atomic E-state index is 0.0513. The van der Waals surface area contributed by atoms with Crippen LogP contribution in [0.15, 0.2) is 18.2 Å². The third-order valence-electron chi connectivity index (χ3n) is 2.54. The molecule has 15 heavy (non-hydrogen) atoms. The van der Waals surface area contributed by atoms with Crippen molar-refractivity contribution in [2.75, 3.05) is 10.6 Å². The minimum Gasteiger partial charge on any atom is -0.380 e. The number of anilines is 2. The van der Waals surface area contributed by atoms with Crippen LogP contribution in [0.1, 0.15) is 19.8 Å². The fourth-order valence-corrected chi connectivity index (χ4v) is 1.86. The fourth-order valence-electron chi connectivity index (χ4n) is 1.69. The van der Waals surface area contributed by atoms with E-state index in [0.29, 0.717) is 11.4 Å². The van der Waals surface area contributed by atoms with Crippen LogP contribution < -0.4 is 10.6 Å². The summed E-state index contributed by atoms with van der Waals surface area (Å²) in [5.74, 6) is 0.0513. The summed E-state index contributed by atoms with van der Waals surface area (Å²) in [5, 5.41) is 6.84. The number of hydrogen-bond donors (Lipinski definition) is 2. The highest BCUT2D eigenvalue weighted by molar-refractivity contribution is 6.31. The number of rotatable bonds is 1. The third-order valence-corrected chi connectivity index (χ3v) is 2.78. The van der Waals surface area contributed by atoms with Crippen LogP contribution in [0.5, 0.6) is 0 Å². The molecule has 0 fully saturated rings. The largest absolute Gasteiger partial charge is 0.380 e. The smallest absolute Gasteiger partial charge is 0.226 e. The third kappa shape index (κ3) is 2.23. The molecule has 2 rings (SSSR count). The standard InChI is InChI=1S/C11H13ClN2O/c1-2-8-6-11(15)14-9-4-3-7(12)5-10(9)13-8/h3-5,8,13H,2,6H2,1H3,(H,14,15). The number of fused-ring (bicyclic) bond motifs is 1. The van der Waals surface area contributed by atoms with Gasteiger partial charge >= 0.3 is 0 Å². The van der Waals surface area contributed by atoms with Gasteiger partial charge in [0, 0.05) is 17.5 Å². The zero-order chi connectivity index (χ0) is 10.8. The van der Waals surface area contributed by atoms with Gasteiger partial charge in [-0.05, 0) is 24.6 Å². The van der Waals surface area contributed by atoms with Crippen molar-refractivity contribution in [3.8, 4) is 0 Å². The summed E-state index contributed by atoms with van der Waals surface area (Å²) in [6.07, 6.45) is 1.42. The molecular weight excluding hydrogens is 212 g/mol.